The minimum atomic E-state index is -3.72. The van der Waals surface area contributed by atoms with Crippen molar-refractivity contribution in [1.29, 1.82) is 0 Å². The average Bonchev–Trinajstić information content (AvgIpc) is 2.60. The van der Waals surface area contributed by atoms with Crippen LogP contribution in [0.3, 0.4) is 0 Å². The van der Waals surface area contributed by atoms with Gasteiger partial charge < -0.3 is 4.74 Å². The van der Waals surface area contributed by atoms with Crippen LogP contribution in [0.15, 0.2) is 30.3 Å². The average molecular weight is 372 g/mol. The quantitative estimate of drug-likeness (QED) is 0.260. The molecule has 0 saturated carbocycles. The maximum absolute atomic E-state index is 12.6. The first-order valence-corrected chi connectivity index (χ1v) is 9.51. The zero-order valence-corrected chi connectivity index (χ0v) is 15.0. The largest absolute Gasteiger partial charge is 0.469 e. The molecule has 0 aliphatic carbocycles. The Kier molecular flexibility index (Phi) is 9.11. The molecule has 0 atom stereocenters. The van der Waals surface area contributed by atoms with Crippen LogP contribution in [-0.4, -0.2) is 50.0 Å². The summed E-state index contributed by atoms with van der Waals surface area (Å²) in [5, 5.41) is 8.66. The van der Waals surface area contributed by atoms with E-state index >= 15 is 0 Å². The number of rotatable bonds is 11. The summed E-state index contributed by atoms with van der Waals surface area (Å²) in [6.07, 6.45) is 1.95. The molecule has 140 valence electrons. The van der Waals surface area contributed by atoms with E-state index in [1.54, 1.807) is 30.3 Å². The van der Waals surface area contributed by atoms with E-state index in [2.05, 4.69) is 4.74 Å². The Morgan fingerprint density at radius 1 is 1.16 bits per heavy atom. The monoisotopic (exact) mass is 372 g/mol. The Morgan fingerprint density at radius 3 is 2.44 bits per heavy atom. The number of methoxy groups -OCH3 is 1. The van der Waals surface area contributed by atoms with Crippen LogP contribution in [0.2, 0.25) is 0 Å². The number of hydrogen-bond acceptors (Lipinski definition) is 6. The second kappa shape index (κ2) is 10.8. The van der Waals surface area contributed by atoms with E-state index in [4.69, 9.17) is 5.21 Å². The normalized spacial score (nSPS) is 11.3. The van der Waals surface area contributed by atoms with Crippen LogP contribution in [0.4, 0.5) is 0 Å². The van der Waals surface area contributed by atoms with E-state index in [0.717, 1.165) is 4.31 Å². The van der Waals surface area contributed by atoms with Gasteiger partial charge in [-0.3, -0.25) is 14.8 Å². The molecule has 0 fully saturated rings. The summed E-state index contributed by atoms with van der Waals surface area (Å²) < 4.78 is 30.7. The van der Waals surface area contributed by atoms with Gasteiger partial charge in [0.05, 0.1) is 19.4 Å². The molecule has 1 aromatic carbocycles. The number of carbonyl (C=O) groups excluding carboxylic acids is 2. The van der Waals surface area contributed by atoms with Crippen molar-refractivity contribution in [3.8, 4) is 0 Å². The van der Waals surface area contributed by atoms with Crippen molar-refractivity contribution in [2.75, 3.05) is 20.2 Å². The van der Waals surface area contributed by atoms with Crippen molar-refractivity contribution in [3.05, 3.63) is 35.9 Å². The summed E-state index contributed by atoms with van der Waals surface area (Å²) in [5.41, 5.74) is 2.06. The van der Waals surface area contributed by atoms with Crippen LogP contribution in [0, 0.1) is 0 Å². The number of nitrogens with zero attached hydrogens (tertiary/aromatic N) is 1. The van der Waals surface area contributed by atoms with Crippen molar-refractivity contribution < 1.29 is 28.0 Å². The molecule has 1 aromatic rings. The highest BCUT2D eigenvalue weighted by Crippen LogP contribution is 2.13. The van der Waals surface area contributed by atoms with Crippen molar-refractivity contribution in [1.82, 2.24) is 9.79 Å². The van der Waals surface area contributed by atoms with Crippen molar-refractivity contribution in [2.24, 2.45) is 0 Å². The van der Waals surface area contributed by atoms with Crippen molar-refractivity contribution >= 4 is 21.9 Å². The highest BCUT2D eigenvalue weighted by molar-refractivity contribution is 7.88. The molecule has 0 aliphatic rings. The van der Waals surface area contributed by atoms with Gasteiger partial charge in [0, 0.05) is 13.0 Å². The summed E-state index contributed by atoms with van der Waals surface area (Å²) in [6.45, 7) is -0.327. The number of sulfonamides is 1. The maximum atomic E-state index is 12.6. The van der Waals surface area contributed by atoms with Crippen LogP contribution < -0.4 is 5.48 Å². The Bertz CT molecular complexity index is 648. The molecule has 25 heavy (non-hydrogen) atoms. The molecule has 0 heterocycles. The minimum Gasteiger partial charge on any atom is -0.469 e. The zero-order valence-electron chi connectivity index (χ0n) is 14.2. The highest BCUT2D eigenvalue weighted by atomic mass is 32.2. The molecule has 8 nitrogen and oxygen atoms in total. The third kappa shape index (κ3) is 8.10. The van der Waals surface area contributed by atoms with Crippen LogP contribution in [0.5, 0.6) is 0 Å². The van der Waals surface area contributed by atoms with Crippen molar-refractivity contribution in [2.45, 2.75) is 31.4 Å². The number of hydroxylamine groups is 1. The summed E-state index contributed by atoms with van der Waals surface area (Å²) in [6, 6.07) is 8.65. The molecular formula is C16H24N2O6S. The number of unbranched alkanes of at least 4 members (excludes halogenated alkanes) is 2. The van der Waals surface area contributed by atoms with E-state index < -0.39 is 22.5 Å². The first-order valence-electron chi connectivity index (χ1n) is 7.90. The minimum absolute atomic E-state index is 0.129. The van der Waals surface area contributed by atoms with E-state index in [1.165, 1.54) is 12.6 Å². The summed E-state index contributed by atoms with van der Waals surface area (Å²) in [7, 11) is -2.41. The van der Waals surface area contributed by atoms with Gasteiger partial charge in [0.2, 0.25) is 10.0 Å². The Balaban J connectivity index is 2.65. The number of nitrogens with one attached hydrogen (secondary N) is 1. The predicted octanol–water partition coefficient (Wildman–Crippen LogP) is 1.06. The third-order valence-electron chi connectivity index (χ3n) is 3.55. The number of carbonyl (C=O) groups is 2. The Morgan fingerprint density at radius 2 is 1.84 bits per heavy atom. The lowest BCUT2D eigenvalue weighted by Crippen LogP contribution is -2.40. The number of ether oxygens (including phenoxy) is 1. The molecule has 1 amide bonds. The molecule has 0 saturated heterocycles. The molecule has 0 aromatic heterocycles. The standard InChI is InChI=1S/C16H24N2O6S/c1-24-16(20)10-6-3-7-11-18(12-15(19)17-21)25(22,23)13-14-8-4-2-5-9-14/h2,4-5,8-9,21H,3,6-7,10-13H2,1H3,(H,17,19). The molecule has 0 spiro atoms. The van der Waals surface area contributed by atoms with E-state index in [-0.39, 0.29) is 24.7 Å². The molecule has 2 N–H and O–H groups in total. The molecule has 0 radical (unpaired) electrons. The molecule has 9 heteroatoms. The Hall–Kier alpha value is -1.97. The molecule has 1 rings (SSSR count). The number of esters is 1. The highest BCUT2D eigenvalue weighted by Gasteiger charge is 2.24. The molecular weight excluding hydrogens is 348 g/mol. The molecule has 0 bridgehead atoms. The van der Waals surface area contributed by atoms with Gasteiger partial charge in [0.25, 0.3) is 5.91 Å². The SMILES string of the molecule is COC(=O)CCCCCN(CC(=O)NO)S(=O)(=O)Cc1ccccc1. The topological polar surface area (TPSA) is 113 Å². The number of hydrogen-bond donors (Lipinski definition) is 2. The summed E-state index contributed by atoms with van der Waals surface area (Å²) >= 11 is 0. The van der Waals surface area contributed by atoms with Crippen LogP contribution in [-0.2, 0) is 30.1 Å². The first kappa shape index (κ1) is 21.1. The number of amides is 1. The van der Waals surface area contributed by atoms with E-state index in [9.17, 15) is 18.0 Å². The van der Waals surface area contributed by atoms with Crippen molar-refractivity contribution in [3.63, 3.8) is 0 Å². The molecule has 0 aliphatic heterocycles. The fourth-order valence-electron chi connectivity index (χ4n) is 2.22. The fourth-order valence-corrected chi connectivity index (χ4v) is 3.74. The second-order valence-electron chi connectivity index (χ2n) is 5.50. The van der Waals surface area contributed by atoms with Crippen LogP contribution >= 0.6 is 0 Å². The first-order chi connectivity index (χ1) is 11.9. The number of benzene rings is 1. The molecule has 0 unspecified atom stereocenters. The predicted molar refractivity (Wildman–Crippen MR) is 91.1 cm³/mol. The van der Waals surface area contributed by atoms with Gasteiger partial charge in [0.15, 0.2) is 0 Å². The zero-order chi connectivity index (χ0) is 18.7. The lowest BCUT2D eigenvalue weighted by molar-refractivity contribution is -0.140. The van der Waals surface area contributed by atoms with Gasteiger partial charge in [-0.2, -0.15) is 4.31 Å². The van der Waals surface area contributed by atoms with Gasteiger partial charge >= 0.3 is 5.97 Å². The third-order valence-corrected chi connectivity index (χ3v) is 5.34. The van der Waals surface area contributed by atoms with Gasteiger partial charge in [-0.1, -0.05) is 36.8 Å². The Labute approximate surface area is 147 Å². The second-order valence-corrected chi connectivity index (χ2v) is 7.47. The maximum Gasteiger partial charge on any atom is 0.305 e. The van der Waals surface area contributed by atoms with E-state index in [1.807, 2.05) is 0 Å². The van der Waals surface area contributed by atoms with Gasteiger partial charge in [-0.25, -0.2) is 13.9 Å². The van der Waals surface area contributed by atoms with Crippen LogP contribution in [0.1, 0.15) is 31.2 Å². The van der Waals surface area contributed by atoms with Crippen LogP contribution in [0.25, 0.3) is 0 Å². The van der Waals surface area contributed by atoms with Gasteiger partial charge in [-0.15, -0.1) is 0 Å². The lowest BCUT2D eigenvalue weighted by atomic mass is 10.2. The summed E-state index contributed by atoms with van der Waals surface area (Å²) in [5.74, 6) is -1.34. The summed E-state index contributed by atoms with van der Waals surface area (Å²) in [4.78, 5) is 22.5. The van der Waals surface area contributed by atoms with Gasteiger partial charge in [0.1, 0.15) is 0 Å². The fraction of sp³-hybridized carbons (Fsp3) is 0.500. The van der Waals surface area contributed by atoms with Gasteiger partial charge in [-0.05, 0) is 18.4 Å². The van der Waals surface area contributed by atoms with E-state index in [0.29, 0.717) is 24.8 Å². The lowest BCUT2D eigenvalue weighted by Gasteiger charge is -2.21. The smallest absolute Gasteiger partial charge is 0.305 e.